The van der Waals surface area contributed by atoms with Gasteiger partial charge in [-0.1, -0.05) is 20.8 Å². The van der Waals surface area contributed by atoms with Crippen molar-refractivity contribution in [3.63, 3.8) is 0 Å². The van der Waals surface area contributed by atoms with Gasteiger partial charge < -0.3 is 4.43 Å². The second-order valence-electron chi connectivity index (χ2n) is 5.58. The van der Waals surface area contributed by atoms with E-state index in [0.29, 0.717) is 11.1 Å². The van der Waals surface area contributed by atoms with Crippen molar-refractivity contribution in [1.29, 1.82) is 0 Å². The lowest BCUT2D eigenvalue weighted by Crippen LogP contribution is -2.41. The fourth-order valence-corrected chi connectivity index (χ4v) is 2.75. The van der Waals surface area contributed by atoms with E-state index in [9.17, 15) is 0 Å². The smallest absolute Gasteiger partial charge is 0.191 e. The van der Waals surface area contributed by atoms with Gasteiger partial charge in [0.15, 0.2) is 8.32 Å². The molecule has 1 atom stereocenters. The lowest BCUT2D eigenvalue weighted by Gasteiger charge is -2.36. The molecular weight excluding hydrogens is 226 g/mol. The van der Waals surface area contributed by atoms with E-state index in [2.05, 4.69) is 38.6 Å². The molecule has 0 saturated carbocycles. The minimum atomic E-state index is -1.55. The van der Waals surface area contributed by atoms with Crippen molar-refractivity contribution < 1.29 is 8.61 Å². The Hall–Kier alpha value is 0.447. The molecule has 0 aliphatic carbocycles. The molecule has 0 aromatic carbocycles. The van der Waals surface area contributed by atoms with E-state index in [0.717, 1.165) is 19.6 Å². The Kier molecular flexibility index (Phi) is 4.67. The van der Waals surface area contributed by atoms with Gasteiger partial charge in [-0.25, -0.2) is 4.72 Å². The molecule has 0 spiro atoms. The maximum Gasteiger partial charge on any atom is 0.191 e. The summed E-state index contributed by atoms with van der Waals surface area (Å²) in [6.45, 7) is 13.0. The normalized spacial score (nSPS) is 23.4. The van der Waals surface area contributed by atoms with E-state index in [1.165, 1.54) is 12.2 Å². The summed E-state index contributed by atoms with van der Waals surface area (Å²) in [6, 6.07) is 0.458. The summed E-state index contributed by atoms with van der Waals surface area (Å²) >= 11 is 1.35. The van der Waals surface area contributed by atoms with Crippen LogP contribution in [-0.2, 0) is 8.61 Å². The molecule has 1 saturated heterocycles. The summed E-state index contributed by atoms with van der Waals surface area (Å²) < 4.78 is 14.5. The number of hydrogen-bond acceptors (Lipinski definition) is 4. The SMILES string of the molecule is CC(C)(C)[Si](C)(C)OCCC1COSN1. The van der Waals surface area contributed by atoms with E-state index >= 15 is 0 Å². The molecule has 5 heteroatoms. The Morgan fingerprint density at radius 3 is 2.60 bits per heavy atom. The van der Waals surface area contributed by atoms with Crippen molar-refractivity contribution in [2.75, 3.05) is 13.2 Å². The largest absolute Gasteiger partial charge is 0.417 e. The molecule has 0 aromatic rings. The van der Waals surface area contributed by atoms with Crippen LogP contribution in [0.2, 0.25) is 18.1 Å². The van der Waals surface area contributed by atoms with E-state index in [4.69, 9.17) is 8.61 Å². The molecule has 1 N–H and O–H groups in total. The number of rotatable bonds is 4. The summed E-state index contributed by atoms with van der Waals surface area (Å²) in [5.41, 5.74) is 0. The zero-order valence-electron chi connectivity index (χ0n) is 10.4. The minimum absolute atomic E-state index is 0.307. The van der Waals surface area contributed by atoms with Gasteiger partial charge in [0.2, 0.25) is 0 Å². The van der Waals surface area contributed by atoms with Gasteiger partial charge in [0, 0.05) is 12.6 Å². The Morgan fingerprint density at radius 2 is 2.13 bits per heavy atom. The lowest BCUT2D eigenvalue weighted by molar-refractivity contribution is 0.256. The van der Waals surface area contributed by atoms with Crippen molar-refractivity contribution in [3.8, 4) is 0 Å². The molecule has 0 radical (unpaired) electrons. The van der Waals surface area contributed by atoms with Crippen LogP contribution in [-0.4, -0.2) is 27.6 Å². The van der Waals surface area contributed by atoms with Gasteiger partial charge in [0.25, 0.3) is 0 Å². The maximum atomic E-state index is 6.09. The van der Waals surface area contributed by atoms with Gasteiger partial charge in [-0.05, 0) is 24.6 Å². The van der Waals surface area contributed by atoms with Gasteiger partial charge in [-0.3, -0.25) is 4.18 Å². The highest BCUT2D eigenvalue weighted by Crippen LogP contribution is 2.36. The molecule has 0 aromatic heterocycles. The third kappa shape index (κ3) is 4.07. The molecule has 1 aliphatic rings. The van der Waals surface area contributed by atoms with Crippen LogP contribution in [0.15, 0.2) is 0 Å². The van der Waals surface area contributed by atoms with Crippen molar-refractivity contribution in [1.82, 2.24) is 4.72 Å². The predicted molar refractivity (Wildman–Crippen MR) is 68.2 cm³/mol. The zero-order valence-corrected chi connectivity index (χ0v) is 12.2. The van der Waals surface area contributed by atoms with Crippen LogP contribution in [0.5, 0.6) is 0 Å². The van der Waals surface area contributed by atoms with Crippen LogP contribution in [0.25, 0.3) is 0 Å². The van der Waals surface area contributed by atoms with Crippen LogP contribution >= 0.6 is 12.2 Å². The van der Waals surface area contributed by atoms with Gasteiger partial charge in [0.1, 0.15) is 0 Å². The summed E-state index contributed by atoms with van der Waals surface area (Å²) in [5.74, 6) is 0. The monoisotopic (exact) mass is 249 g/mol. The highest BCUT2D eigenvalue weighted by molar-refractivity contribution is 7.92. The molecule has 1 aliphatic heterocycles. The molecule has 0 bridgehead atoms. The molecule has 1 unspecified atom stereocenters. The first-order valence-electron chi connectivity index (χ1n) is 5.51. The number of nitrogens with one attached hydrogen (secondary N) is 1. The molecular formula is C10H23NO2SSi. The standard InChI is InChI=1S/C10H23NO2SSi/c1-10(2,3)15(4,5)13-7-6-9-8-12-14-11-9/h9,11H,6-8H2,1-5H3. The van der Waals surface area contributed by atoms with Crippen molar-refractivity contribution >= 4 is 20.5 Å². The van der Waals surface area contributed by atoms with E-state index in [1.807, 2.05) is 0 Å². The van der Waals surface area contributed by atoms with Gasteiger partial charge in [-0.2, -0.15) is 0 Å². The van der Waals surface area contributed by atoms with E-state index in [-0.39, 0.29) is 0 Å². The highest BCUT2D eigenvalue weighted by Gasteiger charge is 2.37. The summed E-state index contributed by atoms with van der Waals surface area (Å²) in [5, 5.41) is 0.307. The summed E-state index contributed by atoms with van der Waals surface area (Å²) in [6.07, 6.45) is 1.04. The van der Waals surface area contributed by atoms with Crippen LogP contribution in [0.3, 0.4) is 0 Å². The molecule has 15 heavy (non-hydrogen) atoms. The third-order valence-electron chi connectivity index (χ3n) is 3.28. The quantitative estimate of drug-likeness (QED) is 0.471. The average molecular weight is 249 g/mol. The number of hydrogen-bond donors (Lipinski definition) is 1. The first-order valence-corrected chi connectivity index (χ1v) is 9.16. The predicted octanol–water partition coefficient (Wildman–Crippen LogP) is 2.95. The van der Waals surface area contributed by atoms with Crippen molar-refractivity contribution in [2.24, 2.45) is 0 Å². The van der Waals surface area contributed by atoms with Crippen molar-refractivity contribution in [3.05, 3.63) is 0 Å². The molecule has 1 heterocycles. The van der Waals surface area contributed by atoms with Crippen molar-refractivity contribution in [2.45, 2.75) is 51.4 Å². The highest BCUT2D eigenvalue weighted by atomic mass is 32.2. The Morgan fingerprint density at radius 1 is 1.47 bits per heavy atom. The van der Waals surface area contributed by atoms with Gasteiger partial charge >= 0.3 is 0 Å². The second-order valence-corrected chi connectivity index (χ2v) is 11.0. The van der Waals surface area contributed by atoms with Crippen LogP contribution in [0.4, 0.5) is 0 Å². The molecule has 0 amide bonds. The molecule has 90 valence electrons. The summed E-state index contributed by atoms with van der Waals surface area (Å²) in [4.78, 5) is 0. The Labute approximate surface area is 98.8 Å². The average Bonchev–Trinajstić information content (AvgIpc) is 2.54. The molecule has 1 fully saturated rings. The fourth-order valence-electron chi connectivity index (χ4n) is 1.07. The second kappa shape index (κ2) is 5.18. The van der Waals surface area contributed by atoms with Crippen LogP contribution in [0.1, 0.15) is 27.2 Å². The van der Waals surface area contributed by atoms with Crippen LogP contribution in [0, 0.1) is 0 Å². The zero-order chi connectivity index (χ0) is 11.5. The summed E-state index contributed by atoms with van der Waals surface area (Å²) in [7, 11) is -1.55. The third-order valence-corrected chi connectivity index (χ3v) is 8.50. The van der Waals surface area contributed by atoms with E-state index in [1.54, 1.807) is 0 Å². The van der Waals surface area contributed by atoms with Crippen LogP contribution < -0.4 is 4.72 Å². The van der Waals surface area contributed by atoms with Gasteiger partial charge in [0.05, 0.1) is 18.8 Å². The molecule has 1 rings (SSSR count). The van der Waals surface area contributed by atoms with Gasteiger partial charge in [-0.15, -0.1) is 0 Å². The first kappa shape index (κ1) is 13.5. The fraction of sp³-hybridized carbons (Fsp3) is 1.00. The topological polar surface area (TPSA) is 30.5 Å². The molecule has 3 nitrogen and oxygen atoms in total. The Bertz CT molecular complexity index is 200. The Balaban J connectivity index is 2.23. The minimum Gasteiger partial charge on any atom is -0.417 e. The lowest BCUT2D eigenvalue weighted by atomic mass is 10.2. The maximum absolute atomic E-state index is 6.09. The first-order chi connectivity index (χ1) is 6.83. The van der Waals surface area contributed by atoms with E-state index < -0.39 is 8.32 Å².